The number of benzene rings is 3. The highest BCUT2D eigenvalue weighted by Crippen LogP contribution is 2.28. The van der Waals surface area contributed by atoms with Gasteiger partial charge in [0.15, 0.2) is 9.84 Å². The minimum Gasteiger partial charge on any atom is -0.406 e. The minimum absolute atomic E-state index is 0.148. The Balaban J connectivity index is 1.35. The normalized spacial score (nSPS) is 15.4. The lowest BCUT2D eigenvalue weighted by Gasteiger charge is -2.46. The van der Waals surface area contributed by atoms with E-state index in [1.54, 1.807) is 0 Å². The lowest BCUT2D eigenvalue weighted by atomic mass is 9.86. The molecule has 0 radical (unpaired) electrons. The molecule has 1 saturated heterocycles. The number of rotatable bonds is 7. The predicted molar refractivity (Wildman–Crippen MR) is 121 cm³/mol. The molecule has 0 aliphatic carbocycles. The quantitative estimate of drug-likeness (QED) is 0.525. The van der Waals surface area contributed by atoms with Crippen molar-refractivity contribution in [3.05, 3.63) is 95.6 Å². The zero-order chi connectivity index (χ0) is 25.3. The molecule has 1 fully saturated rings. The van der Waals surface area contributed by atoms with Crippen LogP contribution in [0.15, 0.2) is 83.8 Å². The molecule has 0 unspecified atom stereocenters. The van der Waals surface area contributed by atoms with Crippen molar-refractivity contribution in [3.8, 4) is 5.75 Å². The molecule has 1 aliphatic heterocycles. The van der Waals surface area contributed by atoms with Crippen LogP contribution in [-0.2, 0) is 22.0 Å². The lowest BCUT2D eigenvalue weighted by molar-refractivity contribution is -0.274. The SMILES string of the molecule is O=C(c1ccc(CS(=O)(=O)c2ccc(OC(F)(F)F)cc2)cc1)N1CC(O)(Cc2ccccc2)C1. The van der Waals surface area contributed by atoms with E-state index in [1.807, 2.05) is 30.3 Å². The maximum Gasteiger partial charge on any atom is 0.573 e. The molecule has 0 aromatic heterocycles. The largest absolute Gasteiger partial charge is 0.573 e. The molecule has 0 bridgehead atoms. The van der Waals surface area contributed by atoms with Gasteiger partial charge in [0, 0.05) is 12.0 Å². The number of nitrogens with zero attached hydrogens (tertiary/aromatic N) is 1. The molecular formula is C25H22F3NO5S. The van der Waals surface area contributed by atoms with Crippen LogP contribution in [0.3, 0.4) is 0 Å². The Morgan fingerprint density at radius 3 is 2.09 bits per heavy atom. The first-order chi connectivity index (χ1) is 16.4. The van der Waals surface area contributed by atoms with Crippen molar-refractivity contribution >= 4 is 15.7 Å². The first-order valence-corrected chi connectivity index (χ1v) is 12.3. The van der Waals surface area contributed by atoms with Gasteiger partial charge in [0.25, 0.3) is 5.91 Å². The fourth-order valence-electron chi connectivity index (χ4n) is 3.97. The Bertz CT molecular complexity index is 1290. The summed E-state index contributed by atoms with van der Waals surface area (Å²) in [5, 5.41) is 10.7. The van der Waals surface area contributed by atoms with E-state index in [1.165, 1.54) is 29.2 Å². The van der Waals surface area contributed by atoms with Crippen LogP contribution < -0.4 is 4.74 Å². The molecule has 0 saturated carbocycles. The van der Waals surface area contributed by atoms with E-state index in [9.17, 15) is 31.5 Å². The molecule has 1 aliphatic rings. The number of hydrogen-bond acceptors (Lipinski definition) is 5. The van der Waals surface area contributed by atoms with Gasteiger partial charge >= 0.3 is 6.36 Å². The number of halogens is 3. The highest BCUT2D eigenvalue weighted by atomic mass is 32.2. The van der Waals surface area contributed by atoms with Gasteiger partial charge in [-0.2, -0.15) is 0 Å². The van der Waals surface area contributed by atoms with Crippen LogP contribution in [0.4, 0.5) is 13.2 Å². The van der Waals surface area contributed by atoms with Crippen LogP contribution in [0.2, 0.25) is 0 Å². The fourth-order valence-corrected chi connectivity index (χ4v) is 5.32. The third kappa shape index (κ3) is 6.20. The number of aliphatic hydroxyl groups is 1. The molecule has 10 heteroatoms. The average molecular weight is 506 g/mol. The van der Waals surface area contributed by atoms with Gasteiger partial charge in [-0.15, -0.1) is 13.2 Å². The number of carbonyl (C=O) groups is 1. The van der Waals surface area contributed by atoms with Gasteiger partial charge in [-0.05, 0) is 47.5 Å². The predicted octanol–water partition coefficient (Wildman–Crippen LogP) is 3.99. The van der Waals surface area contributed by atoms with Crippen molar-refractivity contribution in [2.24, 2.45) is 0 Å². The highest BCUT2D eigenvalue weighted by Gasteiger charge is 2.43. The summed E-state index contributed by atoms with van der Waals surface area (Å²) in [4.78, 5) is 14.1. The zero-order valence-corrected chi connectivity index (χ0v) is 19.2. The molecule has 3 aromatic rings. The van der Waals surface area contributed by atoms with E-state index < -0.39 is 27.6 Å². The first kappa shape index (κ1) is 24.7. The van der Waals surface area contributed by atoms with E-state index in [2.05, 4.69) is 4.74 Å². The Morgan fingerprint density at radius 2 is 1.51 bits per heavy atom. The summed E-state index contributed by atoms with van der Waals surface area (Å²) in [6, 6.07) is 19.5. The summed E-state index contributed by atoms with van der Waals surface area (Å²) < 4.78 is 65.9. The summed E-state index contributed by atoms with van der Waals surface area (Å²) in [5.41, 5.74) is 0.782. The van der Waals surface area contributed by atoms with Gasteiger partial charge in [-0.1, -0.05) is 42.5 Å². The van der Waals surface area contributed by atoms with Gasteiger partial charge in [-0.25, -0.2) is 8.42 Å². The topological polar surface area (TPSA) is 83.9 Å². The number of carbonyl (C=O) groups excluding carboxylic acids is 1. The summed E-state index contributed by atoms with van der Waals surface area (Å²) >= 11 is 0. The van der Waals surface area contributed by atoms with Crippen LogP contribution in [0.5, 0.6) is 5.75 Å². The number of likely N-dealkylation sites (tertiary alicyclic amines) is 1. The number of ether oxygens (including phenoxy) is 1. The van der Waals surface area contributed by atoms with Gasteiger partial charge in [-0.3, -0.25) is 4.79 Å². The number of alkyl halides is 3. The van der Waals surface area contributed by atoms with Crippen molar-refractivity contribution < 1.29 is 36.2 Å². The van der Waals surface area contributed by atoms with Crippen molar-refractivity contribution in [2.75, 3.05) is 13.1 Å². The van der Waals surface area contributed by atoms with Crippen molar-refractivity contribution in [1.29, 1.82) is 0 Å². The molecule has 35 heavy (non-hydrogen) atoms. The fraction of sp³-hybridized carbons (Fsp3) is 0.240. The van der Waals surface area contributed by atoms with Crippen molar-refractivity contribution in [3.63, 3.8) is 0 Å². The van der Waals surface area contributed by atoms with Gasteiger partial charge in [0.1, 0.15) is 11.4 Å². The molecule has 3 aromatic carbocycles. The number of hydrogen-bond donors (Lipinski definition) is 1. The lowest BCUT2D eigenvalue weighted by Crippen LogP contribution is -2.64. The number of amides is 1. The van der Waals surface area contributed by atoms with E-state index in [-0.39, 0.29) is 29.6 Å². The van der Waals surface area contributed by atoms with Crippen LogP contribution in [0.1, 0.15) is 21.5 Å². The Labute approximate surface area is 200 Å². The molecule has 6 nitrogen and oxygen atoms in total. The maximum absolute atomic E-state index is 12.7. The highest BCUT2D eigenvalue weighted by molar-refractivity contribution is 7.90. The third-order valence-electron chi connectivity index (χ3n) is 5.61. The summed E-state index contributed by atoms with van der Waals surface area (Å²) in [6.07, 6.45) is -4.42. The molecule has 0 spiro atoms. The molecule has 1 heterocycles. The standard InChI is InChI=1S/C25H22F3NO5S/c26-25(27,28)34-21-10-12-22(13-11-21)35(32,33)15-19-6-8-20(9-7-19)23(30)29-16-24(31,17-29)14-18-4-2-1-3-5-18/h1-13,31H,14-17H2. The summed E-state index contributed by atoms with van der Waals surface area (Å²) in [6.45, 7) is 0.399. The van der Waals surface area contributed by atoms with Crippen LogP contribution in [0, 0.1) is 0 Å². The molecule has 0 atom stereocenters. The number of β-amino-alcohol motifs (C(OH)–C–C–N with tert-alkyl or cyclic N) is 1. The van der Waals surface area contributed by atoms with Gasteiger partial charge in [0.2, 0.25) is 0 Å². The molecule has 1 amide bonds. The minimum atomic E-state index is -4.86. The monoisotopic (exact) mass is 505 g/mol. The van der Waals surface area contributed by atoms with Crippen LogP contribution >= 0.6 is 0 Å². The molecular weight excluding hydrogens is 483 g/mol. The molecule has 1 N–H and O–H groups in total. The number of sulfone groups is 1. The second-order valence-electron chi connectivity index (χ2n) is 8.52. The smallest absolute Gasteiger partial charge is 0.406 e. The summed E-state index contributed by atoms with van der Waals surface area (Å²) in [7, 11) is -3.83. The van der Waals surface area contributed by atoms with Gasteiger partial charge in [0.05, 0.1) is 23.7 Å². The Kier molecular flexibility index (Phi) is 6.61. The van der Waals surface area contributed by atoms with E-state index in [0.717, 1.165) is 29.8 Å². The maximum atomic E-state index is 12.7. The van der Waals surface area contributed by atoms with Crippen LogP contribution in [-0.4, -0.2) is 49.4 Å². The Morgan fingerprint density at radius 1 is 0.914 bits per heavy atom. The second-order valence-corrected chi connectivity index (χ2v) is 10.5. The van der Waals surface area contributed by atoms with Gasteiger partial charge < -0.3 is 14.7 Å². The second kappa shape index (κ2) is 9.35. The molecule has 4 rings (SSSR count). The summed E-state index contributed by atoms with van der Waals surface area (Å²) in [5.74, 6) is -1.17. The van der Waals surface area contributed by atoms with E-state index >= 15 is 0 Å². The van der Waals surface area contributed by atoms with E-state index in [4.69, 9.17) is 0 Å². The first-order valence-electron chi connectivity index (χ1n) is 10.7. The van der Waals surface area contributed by atoms with Crippen molar-refractivity contribution in [1.82, 2.24) is 4.90 Å². The Hall–Kier alpha value is -3.37. The third-order valence-corrected chi connectivity index (χ3v) is 7.31. The molecule has 184 valence electrons. The van der Waals surface area contributed by atoms with Crippen LogP contribution in [0.25, 0.3) is 0 Å². The van der Waals surface area contributed by atoms with E-state index in [0.29, 0.717) is 17.5 Å². The average Bonchev–Trinajstić information content (AvgIpc) is 2.77. The zero-order valence-electron chi connectivity index (χ0n) is 18.4. The van der Waals surface area contributed by atoms with Crippen molar-refractivity contribution in [2.45, 2.75) is 29.0 Å².